The topological polar surface area (TPSA) is 68.5 Å². The van der Waals surface area contributed by atoms with Crippen LogP contribution in [0.5, 0.6) is 5.75 Å². The molecule has 166 valence electrons. The predicted molar refractivity (Wildman–Crippen MR) is 127 cm³/mol. The highest BCUT2D eigenvalue weighted by molar-refractivity contribution is 5.97. The van der Waals surface area contributed by atoms with Crippen LogP contribution in [0.15, 0.2) is 83.3 Å². The molecular weight excluding hydrogens is 414 g/mol. The summed E-state index contributed by atoms with van der Waals surface area (Å²) in [5, 5.41) is 8.42. The number of rotatable bonds is 6. The largest absolute Gasteiger partial charge is 0.480 e. The minimum absolute atomic E-state index is 0.0324. The summed E-state index contributed by atoms with van der Waals surface area (Å²) in [5.41, 5.74) is 3.69. The summed E-state index contributed by atoms with van der Waals surface area (Å²) in [4.78, 5) is 15.3. The predicted octanol–water partition coefficient (Wildman–Crippen LogP) is 5.54. The van der Waals surface area contributed by atoms with Gasteiger partial charge in [0.2, 0.25) is 5.89 Å². The minimum atomic E-state index is -0.617. The van der Waals surface area contributed by atoms with E-state index >= 15 is 0 Å². The maximum Gasteiger partial charge on any atom is 0.268 e. The van der Waals surface area contributed by atoms with E-state index in [1.54, 1.807) is 0 Å². The quantitative estimate of drug-likeness (QED) is 0.395. The van der Waals surface area contributed by atoms with E-state index in [1.807, 2.05) is 84.6 Å². The SMILES string of the molecule is CC[C@@H](Oc1ccccc1-c1nnc(-c2ccccc2)o1)C(=O)N1CCCc2ccccc21. The smallest absolute Gasteiger partial charge is 0.268 e. The van der Waals surface area contributed by atoms with Crippen molar-refractivity contribution in [2.75, 3.05) is 11.4 Å². The molecule has 3 aromatic carbocycles. The molecule has 0 unspecified atom stereocenters. The average molecular weight is 440 g/mol. The van der Waals surface area contributed by atoms with Crippen molar-refractivity contribution in [2.45, 2.75) is 32.3 Å². The Balaban J connectivity index is 1.41. The van der Waals surface area contributed by atoms with Crippen LogP contribution in [0.25, 0.3) is 22.9 Å². The molecule has 0 N–H and O–H groups in total. The summed E-state index contributed by atoms with van der Waals surface area (Å²) in [6, 6.07) is 25.2. The standard InChI is InChI=1S/C27H25N3O3/c1-2-23(27(31)30-18-10-14-19-11-6-8-16-22(19)30)32-24-17-9-7-15-21(24)26-29-28-25(33-26)20-12-4-3-5-13-20/h3-9,11-13,15-17,23H,2,10,14,18H2,1H3/t23-/m1/s1. The normalized spacial score (nSPS) is 13.9. The van der Waals surface area contributed by atoms with Gasteiger partial charge in [0.15, 0.2) is 6.10 Å². The van der Waals surface area contributed by atoms with Crippen molar-refractivity contribution in [3.05, 3.63) is 84.4 Å². The van der Waals surface area contributed by atoms with E-state index in [0.29, 0.717) is 36.1 Å². The summed E-state index contributed by atoms with van der Waals surface area (Å²) < 4.78 is 12.2. The minimum Gasteiger partial charge on any atom is -0.480 e. The molecule has 4 aromatic rings. The van der Waals surface area contributed by atoms with Gasteiger partial charge in [-0.1, -0.05) is 55.5 Å². The molecule has 1 aromatic heterocycles. The summed E-state index contributed by atoms with van der Waals surface area (Å²) in [6.07, 6.45) is 1.86. The lowest BCUT2D eigenvalue weighted by Crippen LogP contribution is -2.44. The number of hydrogen-bond acceptors (Lipinski definition) is 5. The lowest BCUT2D eigenvalue weighted by atomic mass is 10.0. The molecule has 5 rings (SSSR count). The van der Waals surface area contributed by atoms with E-state index in [2.05, 4.69) is 16.3 Å². The van der Waals surface area contributed by atoms with Gasteiger partial charge in [-0.25, -0.2) is 0 Å². The van der Waals surface area contributed by atoms with Gasteiger partial charge in [0.25, 0.3) is 11.8 Å². The van der Waals surface area contributed by atoms with Crippen molar-refractivity contribution in [1.29, 1.82) is 0 Å². The van der Waals surface area contributed by atoms with Crippen LogP contribution in [0.2, 0.25) is 0 Å². The number of aromatic nitrogens is 2. The first-order valence-corrected chi connectivity index (χ1v) is 11.3. The zero-order valence-electron chi connectivity index (χ0n) is 18.5. The van der Waals surface area contributed by atoms with Crippen molar-refractivity contribution < 1.29 is 13.9 Å². The Labute approximate surface area is 192 Å². The van der Waals surface area contributed by atoms with Gasteiger partial charge in [-0.3, -0.25) is 4.79 Å². The Morgan fingerprint density at radius 3 is 2.55 bits per heavy atom. The number of fused-ring (bicyclic) bond motifs is 1. The van der Waals surface area contributed by atoms with Gasteiger partial charge in [-0.2, -0.15) is 0 Å². The maximum absolute atomic E-state index is 13.5. The number of carbonyl (C=O) groups excluding carboxylic acids is 1. The highest BCUT2D eigenvalue weighted by Gasteiger charge is 2.30. The molecule has 0 radical (unpaired) electrons. The second-order valence-electron chi connectivity index (χ2n) is 8.01. The van der Waals surface area contributed by atoms with Crippen molar-refractivity contribution >= 4 is 11.6 Å². The van der Waals surface area contributed by atoms with Gasteiger partial charge in [0.05, 0.1) is 5.56 Å². The number of nitrogens with zero attached hydrogens (tertiary/aromatic N) is 3. The van der Waals surface area contributed by atoms with Crippen LogP contribution in [0, 0.1) is 0 Å². The second-order valence-corrected chi connectivity index (χ2v) is 8.01. The lowest BCUT2D eigenvalue weighted by Gasteiger charge is -2.32. The van der Waals surface area contributed by atoms with E-state index in [9.17, 15) is 4.79 Å². The van der Waals surface area contributed by atoms with E-state index < -0.39 is 6.10 Å². The molecule has 0 spiro atoms. The van der Waals surface area contributed by atoms with E-state index in [-0.39, 0.29) is 5.91 Å². The van der Waals surface area contributed by atoms with Crippen LogP contribution in [0.4, 0.5) is 5.69 Å². The fourth-order valence-electron chi connectivity index (χ4n) is 4.17. The van der Waals surface area contributed by atoms with Crippen LogP contribution >= 0.6 is 0 Å². The molecule has 1 aliphatic heterocycles. The van der Waals surface area contributed by atoms with Gasteiger partial charge in [-0.05, 0) is 55.2 Å². The van der Waals surface area contributed by atoms with Gasteiger partial charge >= 0.3 is 0 Å². The first-order valence-electron chi connectivity index (χ1n) is 11.3. The van der Waals surface area contributed by atoms with Crippen molar-refractivity contribution in [3.63, 3.8) is 0 Å². The zero-order chi connectivity index (χ0) is 22.6. The van der Waals surface area contributed by atoms with E-state index in [0.717, 1.165) is 24.1 Å². The Bertz CT molecular complexity index is 1250. The third kappa shape index (κ3) is 4.24. The highest BCUT2D eigenvalue weighted by Crippen LogP contribution is 2.33. The number of carbonyl (C=O) groups is 1. The third-order valence-corrected chi connectivity index (χ3v) is 5.85. The monoisotopic (exact) mass is 439 g/mol. The maximum atomic E-state index is 13.5. The Morgan fingerprint density at radius 1 is 0.970 bits per heavy atom. The summed E-state index contributed by atoms with van der Waals surface area (Å²) in [7, 11) is 0. The molecule has 6 nitrogen and oxygen atoms in total. The van der Waals surface area contributed by atoms with Gasteiger partial charge in [-0.15, -0.1) is 10.2 Å². The molecule has 0 bridgehead atoms. The molecule has 0 saturated carbocycles. The second kappa shape index (κ2) is 9.28. The number of amides is 1. The molecular formula is C27H25N3O3. The molecule has 1 amide bonds. The Hall–Kier alpha value is -3.93. The Kier molecular flexibility index (Phi) is 5.89. The van der Waals surface area contributed by atoms with Crippen molar-refractivity contribution in [2.24, 2.45) is 0 Å². The van der Waals surface area contributed by atoms with Crippen LogP contribution in [0.3, 0.4) is 0 Å². The fourth-order valence-corrected chi connectivity index (χ4v) is 4.17. The fraction of sp³-hybridized carbons (Fsp3) is 0.222. The molecule has 2 heterocycles. The number of ether oxygens (including phenoxy) is 1. The number of para-hydroxylation sites is 2. The highest BCUT2D eigenvalue weighted by atomic mass is 16.5. The van der Waals surface area contributed by atoms with Crippen LogP contribution in [0.1, 0.15) is 25.3 Å². The van der Waals surface area contributed by atoms with Crippen LogP contribution in [-0.4, -0.2) is 28.8 Å². The van der Waals surface area contributed by atoms with Gasteiger partial charge < -0.3 is 14.1 Å². The van der Waals surface area contributed by atoms with Crippen LogP contribution in [-0.2, 0) is 11.2 Å². The zero-order valence-corrected chi connectivity index (χ0v) is 18.5. The molecule has 6 heteroatoms. The van der Waals surface area contributed by atoms with Crippen molar-refractivity contribution in [3.8, 4) is 28.7 Å². The number of aryl methyl sites for hydroxylation is 1. The molecule has 1 atom stereocenters. The number of benzene rings is 3. The van der Waals surface area contributed by atoms with Crippen LogP contribution < -0.4 is 9.64 Å². The third-order valence-electron chi connectivity index (χ3n) is 5.85. The first-order chi connectivity index (χ1) is 16.2. The van der Waals surface area contributed by atoms with Crippen molar-refractivity contribution in [1.82, 2.24) is 10.2 Å². The Morgan fingerprint density at radius 2 is 1.70 bits per heavy atom. The average Bonchev–Trinajstić information content (AvgIpc) is 3.37. The number of hydrogen-bond donors (Lipinski definition) is 0. The summed E-state index contributed by atoms with van der Waals surface area (Å²) in [6.45, 7) is 2.66. The molecule has 0 saturated heterocycles. The summed E-state index contributed by atoms with van der Waals surface area (Å²) >= 11 is 0. The molecule has 0 fully saturated rings. The molecule has 0 aliphatic carbocycles. The van der Waals surface area contributed by atoms with Gasteiger partial charge in [0.1, 0.15) is 5.75 Å². The molecule has 33 heavy (non-hydrogen) atoms. The van der Waals surface area contributed by atoms with E-state index in [4.69, 9.17) is 9.15 Å². The molecule has 1 aliphatic rings. The summed E-state index contributed by atoms with van der Waals surface area (Å²) in [5.74, 6) is 1.31. The first kappa shape index (κ1) is 20.9. The van der Waals surface area contributed by atoms with E-state index in [1.165, 1.54) is 5.56 Å². The van der Waals surface area contributed by atoms with Gasteiger partial charge in [0, 0.05) is 17.8 Å². The number of anilines is 1. The lowest BCUT2D eigenvalue weighted by molar-refractivity contribution is -0.125.